The molecule has 3 aromatic heterocycles. The number of amides is 1. The number of aromatic nitrogens is 3. The Bertz CT molecular complexity index is 1280. The molecule has 0 saturated carbocycles. The Kier molecular flexibility index (Phi) is 5.58. The zero-order chi connectivity index (χ0) is 22.4. The van der Waals surface area contributed by atoms with E-state index >= 15 is 0 Å². The molecule has 1 fully saturated rings. The number of piperazine rings is 1. The van der Waals surface area contributed by atoms with E-state index in [-0.39, 0.29) is 17.8 Å². The van der Waals surface area contributed by atoms with Crippen molar-refractivity contribution in [2.45, 2.75) is 13.0 Å². The van der Waals surface area contributed by atoms with E-state index in [2.05, 4.69) is 15.0 Å². The fourth-order valence-corrected chi connectivity index (χ4v) is 5.45. The summed E-state index contributed by atoms with van der Waals surface area (Å²) in [6.07, 6.45) is 1.50. The number of benzene rings is 1. The average molecular weight is 492 g/mol. The summed E-state index contributed by atoms with van der Waals surface area (Å²) in [5.41, 5.74) is 0.890. The molecule has 1 atom stereocenters. The minimum atomic E-state index is -0.292. The number of nitrogens with zero attached hydrogens (tertiary/aromatic N) is 5. The van der Waals surface area contributed by atoms with E-state index < -0.39 is 0 Å². The number of rotatable bonds is 4. The summed E-state index contributed by atoms with van der Waals surface area (Å²) in [6, 6.07) is 8.55. The van der Waals surface area contributed by atoms with Gasteiger partial charge in [-0.2, -0.15) is 4.52 Å². The first-order valence-corrected chi connectivity index (χ1v) is 11.6. The Balaban J connectivity index is 1.47. The van der Waals surface area contributed by atoms with Gasteiger partial charge in [-0.3, -0.25) is 9.69 Å². The zero-order valence-corrected chi connectivity index (χ0v) is 19.4. The van der Waals surface area contributed by atoms with Crippen LogP contribution in [0, 0.1) is 6.92 Å². The number of aryl methyl sites for hydroxylation is 1. The molecule has 166 valence electrons. The van der Waals surface area contributed by atoms with Crippen LogP contribution in [-0.4, -0.2) is 61.6 Å². The molecular formula is C21H19Cl2N5O3S. The van der Waals surface area contributed by atoms with Crippen LogP contribution in [0.15, 0.2) is 41.0 Å². The van der Waals surface area contributed by atoms with Crippen LogP contribution in [0.1, 0.15) is 32.9 Å². The van der Waals surface area contributed by atoms with Gasteiger partial charge in [-0.1, -0.05) is 40.6 Å². The van der Waals surface area contributed by atoms with Crippen molar-refractivity contribution in [2.75, 3.05) is 26.2 Å². The smallest absolute Gasteiger partial charge is 0.289 e. The molecule has 32 heavy (non-hydrogen) atoms. The first-order chi connectivity index (χ1) is 15.4. The summed E-state index contributed by atoms with van der Waals surface area (Å²) < 4.78 is 6.71. The van der Waals surface area contributed by atoms with Gasteiger partial charge in [0.15, 0.2) is 5.76 Å². The molecule has 1 aliphatic rings. The number of carbonyl (C=O) groups excluding carboxylic acids is 1. The van der Waals surface area contributed by atoms with Gasteiger partial charge in [0, 0.05) is 26.2 Å². The Morgan fingerprint density at radius 1 is 1.19 bits per heavy atom. The van der Waals surface area contributed by atoms with Gasteiger partial charge < -0.3 is 14.4 Å². The largest absolute Gasteiger partial charge is 0.492 e. The Hall–Kier alpha value is -2.59. The van der Waals surface area contributed by atoms with Crippen LogP contribution in [0.4, 0.5) is 0 Å². The maximum absolute atomic E-state index is 12.7. The fourth-order valence-electron chi connectivity index (χ4n) is 3.98. The predicted octanol–water partition coefficient (Wildman–Crippen LogP) is 4.25. The second-order valence-corrected chi connectivity index (χ2v) is 9.35. The van der Waals surface area contributed by atoms with Crippen LogP contribution in [0.25, 0.3) is 4.96 Å². The number of fused-ring (bicyclic) bond motifs is 1. The maximum atomic E-state index is 12.7. The number of furan rings is 1. The van der Waals surface area contributed by atoms with E-state index in [0.29, 0.717) is 57.6 Å². The standard InChI is InChI=1S/C21H19Cl2N5O3S/c1-12-24-21-28(25-12)20(30)18(32-21)17(13-4-5-14(22)15(23)11-13)26-6-8-27(9-7-26)19(29)16-3-2-10-31-16/h2-5,10-11,17,30H,6-9H2,1H3/t17-/m1/s1. The van der Waals surface area contributed by atoms with Crippen LogP contribution in [0.2, 0.25) is 10.0 Å². The highest BCUT2D eigenvalue weighted by molar-refractivity contribution is 7.17. The van der Waals surface area contributed by atoms with Crippen molar-refractivity contribution in [2.24, 2.45) is 0 Å². The topological polar surface area (TPSA) is 87.1 Å². The van der Waals surface area contributed by atoms with Gasteiger partial charge in [-0.15, -0.1) is 5.10 Å². The number of aromatic hydroxyl groups is 1. The van der Waals surface area contributed by atoms with Crippen LogP contribution in [0.5, 0.6) is 5.88 Å². The lowest BCUT2D eigenvalue weighted by Gasteiger charge is -2.39. The Morgan fingerprint density at radius 3 is 2.62 bits per heavy atom. The summed E-state index contributed by atoms with van der Waals surface area (Å²) >= 11 is 13.8. The van der Waals surface area contributed by atoms with E-state index in [1.54, 1.807) is 30.0 Å². The van der Waals surface area contributed by atoms with Crippen molar-refractivity contribution in [1.82, 2.24) is 24.4 Å². The first kappa shape index (κ1) is 21.3. The summed E-state index contributed by atoms with van der Waals surface area (Å²) in [5, 5.41) is 16.2. The normalized spacial score (nSPS) is 16.0. The van der Waals surface area contributed by atoms with Gasteiger partial charge >= 0.3 is 0 Å². The lowest BCUT2D eigenvalue weighted by Crippen LogP contribution is -2.49. The summed E-state index contributed by atoms with van der Waals surface area (Å²) in [4.78, 5) is 22.4. The molecule has 0 unspecified atom stereocenters. The molecule has 0 aliphatic carbocycles. The monoisotopic (exact) mass is 491 g/mol. The third kappa shape index (κ3) is 3.75. The van der Waals surface area contributed by atoms with Crippen LogP contribution in [0.3, 0.4) is 0 Å². The predicted molar refractivity (Wildman–Crippen MR) is 122 cm³/mol. The van der Waals surface area contributed by atoms with Crippen molar-refractivity contribution in [1.29, 1.82) is 0 Å². The van der Waals surface area contributed by atoms with Gasteiger partial charge in [-0.25, -0.2) is 4.98 Å². The average Bonchev–Trinajstić information content (AvgIpc) is 3.50. The van der Waals surface area contributed by atoms with Crippen molar-refractivity contribution in [3.05, 3.63) is 68.7 Å². The van der Waals surface area contributed by atoms with Crippen molar-refractivity contribution >= 4 is 45.4 Å². The third-order valence-corrected chi connectivity index (χ3v) is 7.32. The summed E-state index contributed by atoms with van der Waals surface area (Å²) in [7, 11) is 0. The number of hydrogen-bond acceptors (Lipinski definition) is 7. The molecule has 0 radical (unpaired) electrons. The SMILES string of the molecule is Cc1nc2sc([C@@H](c3ccc(Cl)c(Cl)c3)N3CCN(C(=O)c4ccco4)CC3)c(O)n2n1. The number of thiazole rings is 1. The minimum Gasteiger partial charge on any atom is -0.492 e. The van der Waals surface area contributed by atoms with E-state index in [9.17, 15) is 9.90 Å². The molecule has 0 spiro atoms. The zero-order valence-electron chi connectivity index (χ0n) is 17.0. The molecule has 5 rings (SSSR count). The number of hydrogen-bond donors (Lipinski definition) is 1. The van der Waals surface area contributed by atoms with Crippen molar-refractivity contribution in [3.8, 4) is 5.88 Å². The fraction of sp³-hybridized carbons (Fsp3) is 0.286. The van der Waals surface area contributed by atoms with Crippen molar-refractivity contribution < 1.29 is 14.3 Å². The first-order valence-electron chi connectivity index (χ1n) is 9.99. The lowest BCUT2D eigenvalue weighted by atomic mass is 10.0. The van der Waals surface area contributed by atoms with Crippen LogP contribution >= 0.6 is 34.5 Å². The van der Waals surface area contributed by atoms with Gasteiger partial charge in [-0.05, 0) is 36.8 Å². The third-order valence-electron chi connectivity index (χ3n) is 5.51. The highest BCUT2D eigenvalue weighted by Gasteiger charge is 2.33. The second-order valence-electron chi connectivity index (χ2n) is 7.52. The van der Waals surface area contributed by atoms with E-state index in [4.69, 9.17) is 27.6 Å². The second kappa shape index (κ2) is 8.40. The molecule has 4 heterocycles. The Labute approximate surface area is 197 Å². The highest BCUT2D eigenvalue weighted by atomic mass is 35.5. The molecule has 1 N–H and O–H groups in total. The molecule has 4 aromatic rings. The quantitative estimate of drug-likeness (QED) is 0.459. The minimum absolute atomic E-state index is 0.0516. The highest BCUT2D eigenvalue weighted by Crippen LogP contribution is 2.41. The summed E-state index contributed by atoms with van der Waals surface area (Å²) in [5.74, 6) is 0.848. The molecule has 1 saturated heterocycles. The van der Waals surface area contributed by atoms with E-state index in [1.165, 1.54) is 22.1 Å². The molecule has 11 heteroatoms. The summed E-state index contributed by atoms with van der Waals surface area (Å²) in [6.45, 7) is 4.04. The molecule has 8 nitrogen and oxygen atoms in total. The maximum Gasteiger partial charge on any atom is 0.289 e. The molecule has 1 amide bonds. The van der Waals surface area contributed by atoms with Gasteiger partial charge in [0.2, 0.25) is 10.8 Å². The van der Waals surface area contributed by atoms with Crippen molar-refractivity contribution in [3.63, 3.8) is 0 Å². The number of carbonyl (C=O) groups is 1. The molecule has 0 bridgehead atoms. The lowest BCUT2D eigenvalue weighted by molar-refractivity contribution is 0.0568. The Morgan fingerprint density at radius 2 is 1.97 bits per heavy atom. The van der Waals surface area contributed by atoms with Crippen LogP contribution in [-0.2, 0) is 0 Å². The molecule has 1 aliphatic heterocycles. The molecular weight excluding hydrogens is 473 g/mol. The molecule has 1 aromatic carbocycles. The van der Waals surface area contributed by atoms with E-state index in [1.807, 2.05) is 12.1 Å². The van der Waals surface area contributed by atoms with Gasteiger partial charge in [0.05, 0.1) is 27.2 Å². The van der Waals surface area contributed by atoms with Gasteiger partial charge in [0.25, 0.3) is 5.91 Å². The number of halogens is 2. The van der Waals surface area contributed by atoms with Crippen LogP contribution < -0.4 is 0 Å². The van der Waals surface area contributed by atoms with E-state index in [0.717, 1.165) is 5.56 Å². The van der Waals surface area contributed by atoms with Gasteiger partial charge in [0.1, 0.15) is 5.82 Å².